The van der Waals surface area contributed by atoms with E-state index >= 15 is 0 Å². The van der Waals surface area contributed by atoms with Gasteiger partial charge in [0.25, 0.3) is 0 Å². The summed E-state index contributed by atoms with van der Waals surface area (Å²) in [6.45, 7) is 3.86. The third kappa shape index (κ3) is 3.05. The Morgan fingerprint density at radius 3 is 2.90 bits per heavy atom. The zero-order valence-corrected chi connectivity index (χ0v) is 12.6. The van der Waals surface area contributed by atoms with E-state index in [9.17, 15) is 8.42 Å². The maximum atomic E-state index is 12.2. The number of rotatable bonds is 5. The number of hydrogen-bond donors (Lipinski definition) is 0. The second-order valence-electron chi connectivity index (χ2n) is 5.60. The van der Waals surface area contributed by atoms with Gasteiger partial charge in [-0.25, -0.2) is 8.42 Å². The van der Waals surface area contributed by atoms with E-state index in [-0.39, 0.29) is 11.9 Å². The van der Waals surface area contributed by atoms with E-state index in [1.807, 2.05) is 10.7 Å². The quantitative estimate of drug-likeness (QED) is 0.808. The molecule has 1 aromatic heterocycles. The summed E-state index contributed by atoms with van der Waals surface area (Å²) in [4.78, 5) is 0. The van der Waals surface area contributed by atoms with E-state index < -0.39 is 10.0 Å². The van der Waals surface area contributed by atoms with Gasteiger partial charge in [0, 0.05) is 19.3 Å². The van der Waals surface area contributed by atoms with E-state index in [0.717, 1.165) is 12.3 Å². The molecule has 3 rings (SSSR count). The van der Waals surface area contributed by atoms with Gasteiger partial charge in [-0.1, -0.05) is 0 Å². The Labute approximate surface area is 119 Å². The van der Waals surface area contributed by atoms with Crippen LogP contribution in [0.2, 0.25) is 0 Å². The first-order valence-corrected chi connectivity index (χ1v) is 8.79. The molecule has 0 bridgehead atoms. The number of hydrogen-bond acceptors (Lipinski definition) is 4. The van der Waals surface area contributed by atoms with Crippen LogP contribution in [-0.2, 0) is 27.8 Å². The van der Waals surface area contributed by atoms with E-state index in [2.05, 4.69) is 5.10 Å². The molecule has 0 N–H and O–H groups in total. The summed E-state index contributed by atoms with van der Waals surface area (Å²) >= 11 is 0. The monoisotopic (exact) mass is 299 g/mol. The molecule has 20 heavy (non-hydrogen) atoms. The Kier molecular flexibility index (Phi) is 3.83. The van der Waals surface area contributed by atoms with Crippen LogP contribution < -0.4 is 0 Å². The molecule has 0 spiro atoms. The van der Waals surface area contributed by atoms with Crippen molar-refractivity contribution in [2.75, 3.05) is 18.9 Å². The predicted octanol–water partition coefficient (Wildman–Crippen LogP) is 0.844. The molecule has 2 heterocycles. The molecule has 1 unspecified atom stereocenters. The minimum Gasteiger partial charge on any atom is -0.375 e. The zero-order valence-electron chi connectivity index (χ0n) is 11.7. The highest BCUT2D eigenvalue weighted by Crippen LogP contribution is 2.29. The van der Waals surface area contributed by atoms with Crippen LogP contribution >= 0.6 is 0 Å². The average Bonchev–Trinajstić information content (AvgIpc) is 3.19. The molecule has 0 saturated heterocycles. The first kappa shape index (κ1) is 14.0. The molecule has 1 aliphatic heterocycles. The minimum absolute atomic E-state index is 0.113. The first-order chi connectivity index (χ1) is 9.58. The number of fused-ring (bicyclic) bond motifs is 1. The molecule has 1 aromatic rings. The van der Waals surface area contributed by atoms with Gasteiger partial charge in [-0.2, -0.15) is 9.40 Å². The van der Waals surface area contributed by atoms with Crippen molar-refractivity contribution in [1.82, 2.24) is 14.1 Å². The topological polar surface area (TPSA) is 64.4 Å². The van der Waals surface area contributed by atoms with Crippen molar-refractivity contribution in [2.45, 2.75) is 39.0 Å². The van der Waals surface area contributed by atoms with Crippen LogP contribution in [-0.4, -0.2) is 47.5 Å². The lowest BCUT2D eigenvalue weighted by Crippen LogP contribution is -2.38. The van der Waals surface area contributed by atoms with E-state index in [4.69, 9.17) is 4.74 Å². The zero-order chi connectivity index (χ0) is 14.2. The number of ether oxygens (including phenoxy) is 1. The van der Waals surface area contributed by atoms with Crippen LogP contribution in [0, 0.1) is 5.92 Å². The molecule has 2 aliphatic rings. The second kappa shape index (κ2) is 5.46. The lowest BCUT2D eigenvalue weighted by molar-refractivity contribution is 0.0258. The highest BCUT2D eigenvalue weighted by atomic mass is 32.2. The molecule has 112 valence electrons. The molecule has 1 atom stereocenters. The van der Waals surface area contributed by atoms with Crippen molar-refractivity contribution in [2.24, 2.45) is 5.92 Å². The Balaban J connectivity index is 1.78. The molecule has 0 amide bonds. The smallest absolute Gasteiger partial charge is 0.214 e. The minimum atomic E-state index is -3.21. The van der Waals surface area contributed by atoms with Gasteiger partial charge in [-0.05, 0) is 31.7 Å². The normalized spacial score (nSPS) is 24.4. The summed E-state index contributed by atoms with van der Waals surface area (Å²) in [5.41, 5.74) is 0.930. The Morgan fingerprint density at radius 2 is 2.20 bits per heavy atom. The maximum absolute atomic E-state index is 12.2. The molecule has 0 radical (unpaired) electrons. The van der Waals surface area contributed by atoms with Gasteiger partial charge in [-0.3, -0.25) is 4.68 Å². The number of sulfonamides is 1. The third-order valence-electron chi connectivity index (χ3n) is 3.95. The summed E-state index contributed by atoms with van der Waals surface area (Å²) in [5.74, 6) is 0.794. The third-order valence-corrected chi connectivity index (χ3v) is 5.74. The maximum Gasteiger partial charge on any atom is 0.214 e. The van der Waals surface area contributed by atoms with Crippen molar-refractivity contribution in [3.05, 3.63) is 18.0 Å². The average molecular weight is 299 g/mol. The number of nitrogens with zero attached hydrogens (tertiary/aromatic N) is 3. The molecule has 0 aromatic carbocycles. The fourth-order valence-corrected chi connectivity index (χ4v) is 3.53. The van der Waals surface area contributed by atoms with E-state index in [1.54, 1.807) is 13.1 Å². The molecule has 6 nitrogen and oxygen atoms in total. The second-order valence-corrected chi connectivity index (χ2v) is 7.85. The van der Waals surface area contributed by atoms with Crippen LogP contribution in [0.25, 0.3) is 0 Å². The Hall–Kier alpha value is -0.920. The SMILES string of the molecule is CCS(=O)(=O)N1Cc2ccnn2CC(OCC2CC2)C1. The molecule has 1 saturated carbocycles. The lowest BCUT2D eigenvalue weighted by Gasteiger charge is -2.23. The fraction of sp³-hybridized carbons (Fsp3) is 0.769. The van der Waals surface area contributed by atoms with Crippen molar-refractivity contribution < 1.29 is 13.2 Å². The van der Waals surface area contributed by atoms with Crippen molar-refractivity contribution in [3.63, 3.8) is 0 Å². The van der Waals surface area contributed by atoms with Crippen molar-refractivity contribution in [1.29, 1.82) is 0 Å². The van der Waals surface area contributed by atoms with Gasteiger partial charge in [0.2, 0.25) is 10.0 Å². The van der Waals surface area contributed by atoms with Crippen LogP contribution in [0.5, 0.6) is 0 Å². The predicted molar refractivity (Wildman–Crippen MR) is 74.6 cm³/mol. The van der Waals surface area contributed by atoms with Gasteiger partial charge in [0.05, 0.1) is 30.6 Å². The summed E-state index contributed by atoms with van der Waals surface area (Å²) in [6, 6.07) is 1.88. The van der Waals surface area contributed by atoms with Gasteiger partial charge < -0.3 is 4.74 Å². The van der Waals surface area contributed by atoms with E-state index in [0.29, 0.717) is 25.6 Å². The first-order valence-electron chi connectivity index (χ1n) is 7.18. The van der Waals surface area contributed by atoms with Gasteiger partial charge in [-0.15, -0.1) is 0 Å². The van der Waals surface area contributed by atoms with Gasteiger partial charge in [0.1, 0.15) is 0 Å². The van der Waals surface area contributed by atoms with Gasteiger partial charge in [0.15, 0.2) is 0 Å². The molecule has 1 aliphatic carbocycles. The molecule has 1 fully saturated rings. The molecular weight excluding hydrogens is 278 g/mol. The molecule has 7 heteroatoms. The summed E-state index contributed by atoms with van der Waals surface area (Å²) in [7, 11) is -3.21. The van der Waals surface area contributed by atoms with Crippen LogP contribution in [0.4, 0.5) is 0 Å². The van der Waals surface area contributed by atoms with Gasteiger partial charge >= 0.3 is 0 Å². The summed E-state index contributed by atoms with van der Waals surface area (Å²) < 4.78 is 33.7. The standard InChI is InChI=1S/C13H21N3O3S/c1-2-20(17,18)15-7-12-5-6-14-16(12)9-13(8-15)19-10-11-3-4-11/h5-6,11,13H,2-4,7-10H2,1H3. The van der Waals surface area contributed by atoms with Crippen LogP contribution in [0.15, 0.2) is 12.3 Å². The van der Waals surface area contributed by atoms with E-state index in [1.165, 1.54) is 17.1 Å². The lowest BCUT2D eigenvalue weighted by atomic mass is 10.3. The highest BCUT2D eigenvalue weighted by Gasteiger charge is 2.31. The van der Waals surface area contributed by atoms with Crippen LogP contribution in [0.1, 0.15) is 25.5 Å². The number of aromatic nitrogens is 2. The summed E-state index contributed by atoms with van der Waals surface area (Å²) in [5, 5.41) is 4.27. The summed E-state index contributed by atoms with van der Waals surface area (Å²) in [6.07, 6.45) is 4.07. The van der Waals surface area contributed by atoms with Crippen molar-refractivity contribution in [3.8, 4) is 0 Å². The Morgan fingerprint density at radius 1 is 1.40 bits per heavy atom. The molecular formula is C13H21N3O3S. The fourth-order valence-electron chi connectivity index (χ4n) is 2.44. The highest BCUT2D eigenvalue weighted by molar-refractivity contribution is 7.89. The largest absolute Gasteiger partial charge is 0.375 e. The Bertz CT molecular complexity index is 565. The van der Waals surface area contributed by atoms with Crippen molar-refractivity contribution >= 4 is 10.0 Å². The van der Waals surface area contributed by atoms with Crippen LogP contribution in [0.3, 0.4) is 0 Å².